The summed E-state index contributed by atoms with van der Waals surface area (Å²) in [5.41, 5.74) is 2.20. The Kier molecular flexibility index (Phi) is 6.91. The van der Waals surface area contributed by atoms with E-state index in [0.717, 1.165) is 24.4 Å². The van der Waals surface area contributed by atoms with E-state index in [4.69, 9.17) is 0 Å². The molecule has 1 heterocycles. The third-order valence-electron chi connectivity index (χ3n) is 5.02. The molecule has 1 aliphatic heterocycles. The Balaban J connectivity index is 1.84. The Morgan fingerprint density at radius 1 is 1.27 bits per heavy atom. The maximum Gasteiger partial charge on any atom is 0.211 e. The van der Waals surface area contributed by atoms with E-state index in [1.54, 1.807) is 0 Å². The van der Waals surface area contributed by atoms with Gasteiger partial charge in [0, 0.05) is 18.3 Å². The van der Waals surface area contributed by atoms with Crippen molar-refractivity contribution in [2.45, 2.75) is 57.9 Å². The van der Waals surface area contributed by atoms with Gasteiger partial charge in [0.15, 0.2) is 0 Å². The zero-order valence-corrected chi connectivity index (χ0v) is 14.1. The first kappa shape index (κ1) is 17.0. The van der Waals surface area contributed by atoms with Gasteiger partial charge in [-0.2, -0.15) is 0 Å². The third kappa shape index (κ3) is 4.84. The lowest BCUT2D eigenvalue weighted by molar-refractivity contribution is -0.105. The maximum atomic E-state index is 10.7. The van der Waals surface area contributed by atoms with Crippen LogP contribution in [0.3, 0.4) is 0 Å². The highest BCUT2D eigenvalue weighted by molar-refractivity contribution is 5.73. The number of benzene rings is 1. The molecule has 22 heavy (non-hydrogen) atoms. The van der Waals surface area contributed by atoms with Gasteiger partial charge in [0.1, 0.15) is 0 Å². The number of nitrogens with zero attached hydrogens (tertiary/aromatic N) is 1. The molecule has 3 heteroatoms. The number of anilines is 1. The number of para-hydroxylation sites is 1. The minimum atomic E-state index is 0.683. The lowest BCUT2D eigenvalue weighted by Gasteiger charge is -2.37. The van der Waals surface area contributed by atoms with Crippen molar-refractivity contribution >= 4 is 12.1 Å². The molecule has 1 aromatic rings. The SMILES string of the molecule is CCCCC1CCC(CCc2ccccc2NC=O)N(C)C1. The van der Waals surface area contributed by atoms with Gasteiger partial charge in [-0.1, -0.05) is 38.0 Å². The number of carbonyl (C=O) groups is 1. The van der Waals surface area contributed by atoms with Crippen molar-refractivity contribution < 1.29 is 4.79 Å². The van der Waals surface area contributed by atoms with Gasteiger partial charge in [-0.05, 0) is 56.7 Å². The van der Waals surface area contributed by atoms with Gasteiger partial charge in [0.05, 0.1) is 0 Å². The van der Waals surface area contributed by atoms with Crippen molar-refractivity contribution in [3.05, 3.63) is 29.8 Å². The van der Waals surface area contributed by atoms with E-state index < -0.39 is 0 Å². The molecule has 1 N–H and O–H groups in total. The van der Waals surface area contributed by atoms with E-state index in [1.807, 2.05) is 12.1 Å². The van der Waals surface area contributed by atoms with Crippen molar-refractivity contribution in [1.82, 2.24) is 4.90 Å². The fraction of sp³-hybridized carbons (Fsp3) is 0.632. The second-order valence-electron chi connectivity index (χ2n) is 6.64. The molecule has 0 saturated carbocycles. The highest BCUT2D eigenvalue weighted by Gasteiger charge is 2.25. The van der Waals surface area contributed by atoms with E-state index in [2.05, 4.69) is 36.3 Å². The van der Waals surface area contributed by atoms with E-state index in [-0.39, 0.29) is 0 Å². The molecule has 1 saturated heterocycles. The topological polar surface area (TPSA) is 32.3 Å². The van der Waals surface area contributed by atoms with Crippen molar-refractivity contribution in [3.63, 3.8) is 0 Å². The Morgan fingerprint density at radius 3 is 2.82 bits per heavy atom. The van der Waals surface area contributed by atoms with Crippen LogP contribution in [-0.2, 0) is 11.2 Å². The van der Waals surface area contributed by atoms with Gasteiger partial charge in [0.2, 0.25) is 6.41 Å². The summed E-state index contributed by atoms with van der Waals surface area (Å²) in [4.78, 5) is 13.2. The molecule has 0 radical (unpaired) electrons. The Morgan fingerprint density at radius 2 is 2.09 bits per heavy atom. The Bertz CT molecular complexity index is 461. The Labute approximate surface area is 135 Å². The summed E-state index contributed by atoms with van der Waals surface area (Å²) in [6, 6.07) is 8.81. The van der Waals surface area contributed by atoms with E-state index in [9.17, 15) is 4.79 Å². The quantitative estimate of drug-likeness (QED) is 0.734. The number of aryl methyl sites for hydroxylation is 1. The first-order valence-electron chi connectivity index (χ1n) is 8.73. The number of nitrogens with one attached hydrogen (secondary N) is 1. The van der Waals surface area contributed by atoms with Crippen LogP contribution >= 0.6 is 0 Å². The molecule has 2 unspecified atom stereocenters. The summed E-state index contributed by atoms with van der Waals surface area (Å²) in [5.74, 6) is 0.894. The number of hydrogen-bond acceptors (Lipinski definition) is 2. The van der Waals surface area contributed by atoms with Crippen LogP contribution in [0.25, 0.3) is 0 Å². The summed E-state index contributed by atoms with van der Waals surface area (Å²) in [7, 11) is 2.28. The molecule has 0 aliphatic carbocycles. The average Bonchev–Trinajstić information content (AvgIpc) is 2.53. The zero-order chi connectivity index (χ0) is 15.8. The average molecular weight is 302 g/mol. The Hall–Kier alpha value is -1.35. The maximum absolute atomic E-state index is 10.7. The molecule has 1 fully saturated rings. The number of rotatable bonds is 8. The van der Waals surface area contributed by atoms with Crippen molar-refractivity contribution in [2.75, 3.05) is 18.9 Å². The van der Waals surface area contributed by atoms with Gasteiger partial charge < -0.3 is 10.2 Å². The van der Waals surface area contributed by atoms with Gasteiger partial charge in [-0.15, -0.1) is 0 Å². The first-order chi connectivity index (χ1) is 10.7. The molecule has 1 aromatic carbocycles. The fourth-order valence-corrected chi connectivity index (χ4v) is 3.65. The molecule has 2 atom stereocenters. The molecule has 0 spiro atoms. The number of amides is 1. The van der Waals surface area contributed by atoms with Crippen LogP contribution in [0.15, 0.2) is 24.3 Å². The molecular formula is C19H30N2O. The van der Waals surface area contributed by atoms with Crippen LogP contribution in [0.5, 0.6) is 0 Å². The minimum Gasteiger partial charge on any atom is -0.328 e. The molecule has 0 bridgehead atoms. The predicted octanol–water partition coefficient (Wildman–Crippen LogP) is 4.09. The summed E-state index contributed by atoms with van der Waals surface area (Å²) in [6.45, 7) is 3.53. The van der Waals surface area contributed by atoms with Crippen molar-refractivity contribution in [2.24, 2.45) is 5.92 Å². The minimum absolute atomic E-state index is 0.683. The lowest BCUT2D eigenvalue weighted by Crippen LogP contribution is -2.40. The van der Waals surface area contributed by atoms with Crippen molar-refractivity contribution in [1.29, 1.82) is 0 Å². The number of unbranched alkanes of at least 4 members (excludes halogenated alkanes) is 1. The number of piperidine rings is 1. The third-order valence-corrected chi connectivity index (χ3v) is 5.02. The summed E-state index contributed by atoms with van der Waals surface area (Å²) < 4.78 is 0. The summed E-state index contributed by atoms with van der Waals surface area (Å²) in [6.07, 6.45) is 9.74. The molecule has 0 aromatic heterocycles. The van der Waals surface area contributed by atoms with Crippen LogP contribution in [-0.4, -0.2) is 30.9 Å². The molecule has 122 valence electrons. The van der Waals surface area contributed by atoms with Gasteiger partial charge in [0.25, 0.3) is 0 Å². The van der Waals surface area contributed by atoms with Crippen molar-refractivity contribution in [3.8, 4) is 0 Å². The largest absolute Gasteiger partial charge is 0.328 e. The highest BCUT2D eigenvalue weighted by atomic mass is 16.1. The standard InChI is InChI=1S/C19H30N2O/c1-3-4-7-16-10-12-18(21(2)14-16)13-11-17-8-5-6-9-19(17)20-15-22/h5-6,8-9,15-16,18H,3-4,7,10-14H2,1-2H3,(H,20,22). The van der Waals surface area contributed by atoms with Crippen LogP contribution in [0.4, 0.5) is 5.69 Å². The summed E-state index contributed by atoms with van der Waals surface area (Å²) in [5, 5.41) is 2.81. The van der Waals surface area contributed by atoms with E-state index in [1.165, 1.54) is 50.6 Å². The molecule has 1 aliphatic rings. The zero-order valence-electron chi connectivity index (χ0n) is 14.1. The molecule has 3 nitrogen and oxygen atoms in total. The second-order valence-corrected chi connectivity index (χ2v) is 6.64. The predicted molar refractivity (Wildman–Crippen MR) is 93.1 cm³/mol. The van der Waals surface area contributed by atoms with Crippen LogP contribution in [0.1, 0.15) is 51.0 Å². The lowest BCUT2D eigenvalue weighted by atomic mass is 9.87. The fourth-order valence-electron chi connectivity index (χ4n) is 3.65. The number of likely N-dealkylation sites (tertiary alicyclic amines) is 1. The molecule has 2 rings (SSSR count). The van der Waals surface area contributed by atoms with Gasteiger partial charge in [-0.3, -0.25) is 4.79 Å². The van der Waals surface area contributed by atoms with Gasteiger partial charge >= 0.3 is 0 Å². The van der Waals surface area contributed by atoms with Gasteiger partial charge in [-0.25, -0.2) is 0 Å². The van der Waals surface area contributed by atoms with E-state index in [0.29, 0.717) is 6.04 Å². The number of hydrogen-bond donors (Lipinski definition) is 1. The smallest absolute Gasteiger partial charge is 0.211 e. The monoisotopic (exact) mass is 302 g/mol. The summed E-state index contributed by atoms with van der Waals surface area (Å²) >= 11 is 0. The van der Waals surface area contributed by atoms with Crippen LogP contribution < -0.4 is 5.32 Å². The van der Waals surface area contributed by atoms with Crippen LogP contribution in [0, 0.1) is 5.92 Å². The highest BCUT2D eigenvalue weighted by Crippen LogP contribution is 2.28. The molecular weight excluding hydrogens is 272 g/mol. The van der Waals surface area contributed by atoms with E-state index >= 15 is 0 Å². The first-order valence-corrected chi connectivity index (χ1v) is 8.73. The molecule has 1 amide bonds. The van der Waals surface area contributed by atoms with Crippen LogP contribution in [0.2, 0.25) is 0 Å². The normalized spacial score (nSPS) is 22.5. The second kappa shape index (κ2) is 8.94. The number of carbonyl (C=O) groups excluding carboxylic acids is 1.